The molecule has 1 aromatic carbocycles. The molecule has 0 bridgehead atoms. The molecule has 0 saturated carbocycles. The van der Waals surface area contributed by atoms with Crippen molar-refractivity contribution in [3.8, 4) is 0 Å². The molecule has 0 spiro atoms. The predicted octanol–water partition coefficient (Wildman–Crippen LogP) is 2.60. The molecule has 0 aliphatic rings. The maximum Gasteiger partial charge on any atom is 0.329 e. The van der Waals surface area contributed by atoms with E-state index in [-0.39, 0.29) is 11.5 Å². The van der Waals surface area contributed by atoms with Crippen molar-refractivity contribution in [2.45, 2.75) is 19.9 Å². The topological polar surface area (TPSA) is 93.0 Å². The Hall–Kier alpha value is -2.70. The molecule has 0 aliphatic heterocycles. The van der Waals surface area contributed by atoms with E-state index in [1.54, 1.807) is 7.05 Å². The SMILES string of the molecule is CCc1ccc(CNc2nc(NC)ncc2[N+](=O)[O-])cc1. The van der Waals surface area contributed by atoms with Crippen molar-refractivity contribution >= 4 is 17.5 Å². The normalized spacial score (nSPS) is 10.2. The Morgan fingerprint density at radius 3 is 2.48 bits per heavy atom. The third-order valence-corrected chi connectivity index (χ3v) is 3.08. The van der Waals surface area contributed by atoms with Gasteiger partial charge in [-0.25, -0.2) is 4.98 Å². The molecule has 7 heteroatoms. The molecule has 0 aliphatic carbocycles. The summed E-state index contributed by atoms with van der Waals surface area (Å²) < 4.78 is 0. The van der Waals surface area contributed by atoms with Crippen molar-refractivity contribution in [2.75, 3.05) is 17.7 Å². The van der Waals surface area contributed by atoms with Gasteiger partial charge < -0.3 is 10.6 Å². The fraction of sp³-hybridized carbons (Fsp3) is 0.286. The van der Waals surface area contributed by atoms with Gasteiger partial charge in [0.15, 0.2) is 0 Å². The van der Waals surface area contributed by atoms with Crippen LogP contribution in [0.4, 0.5) is 17.5 Å². The Bertz CT molecular complexity index is 628. The van der Waals surface area contributed by atoms with Gasteiger partial charge in [0.25, 0.3) is 0 Å². The molecule has 2 rings (SSSR count). The van der Waals surface area contributed by atoms with Crippen LogP contribution in [-0.4, -0.2) is 21.9 Å². The lowest BCUT2D eigenvalue weighted by atomic mass is 10.1. The van der Waals surface area contributed by atoms with Gasteiger partial charge in [0, 0.05) is 13.6 Å². The first-order valence-corrected chi connectivity index (χ1v) is 6.65. The first kappa shape index (κ1) is 14.7. The summed E-state index contributed by atoms with van der Waals surface area (Å²) in [6.45, 7) is 2.56. The van der Waals surface area contributed by atoms with Crippen LogP contribution >= 0.6 is 0 Å². The highest BCUT2D eigenvalue weighted by Crippen LogP contribution is 2.22. The summed E-state index contributed by atoms with van der Waals surface area (Å²) >= 11 is 0. The van der Waals surface area contributed by atoms with Gasteiger partial charge >= 0.3 is 5.69 Å². The monoisotopic (exact) mass is 287 g/mol. The van der Waals surface area contributed by atoms with Gasteiger partial charge in [0.1, 0.15) is 6.20 Å². The van der Waals surface area contributed by atoms with Crippen LogP contribution in [0.15, 0.2) is 30.5 Å². The number of benzene rings is 1. The van der Waals surface area contributed by atoms with Gasteiger partial charge in [-0.2, -0.15) is 4.98 Å². The number of anilines is 2. The smallest absolute Gasteiger partial charge is 0.329 e. The first-order chi connectivity index (χ1) is 10.1. The lowest BCUT2D eigenvalue weighted by Crippen LogP contribution is -2.07. The van der Waals surface area contributed by atoms with Crippen LogP contribution < -0.4 is 10.6 Å². The average molecular weight is 287 g/mol. The maximum atomic E-state index is 11.0. The molecule has 21 heavy (non-hydrogen) atoms. The van der Waals surface area contributed by atoms with Gasteiger partial charge in [-0.3, -0.25) is 10.1 Å². The summed E-state index contributed by atoms with van der Waals surface area (Å²) in [5, 5.41) is 16.7. The van der Waals surface area contributed by atoms with Crippen LogP contribution in [-0.2, 0) is 13.0 Å². The maximum absolute atomic E-state index is 11.0. The van der Waals surface area contributed by atoms with E-state index in [1.807, 2.05) is 24.3 Å². The van der Waals surface area contributed by atoms with E-state index in [9.17, 15) is 10.1 Å². The molecule has 0 unspecified atom stereocenters. The lowest BCUT2D eigenvalue weighted by molar-refractivity contribution is -0.384. The van der Waals surface area contributed by atoms with Crippen molar-refractivity contribution < 1.29 is 4.92 Å². The second-order valence-corrected chi connectivity index (χ2v) is 4.46. The molecule has 0 atom stereocenters. The van der Waals surface area contributed by atoms with Gasteiger partial charge in [-0.1, -0.05) is 31.2 Å². The van der Waals surface area contributed by atoms with Gasteiger partial charge in [-0.05, 0) is 17.5 Å². The molecule has 7 nitrogen and oxygen atoms in total. The van der Waals surface area contributed by atoms with Gasteiger partial charge in [0.05, 0.1) is 4.92 Å². The molecular weight excluding hydrogens is 270 g/mol. The Morgan fingerprint density at radius 1 is 1.24 bits per heavy atom. The Balaban J connectivity index is 2.15. The molecule has 2 aromatic rings. The highest BCUT2D eigenvalue weighted by molar-refractivity contribution is 5.57. The van der Waals surface area contributed by atoms with Gasteiger partial charge in [-0.15, -0.1) is 0 Å². The largest absolute Gasteiger partial charge is 0.360 e. The number of aryl methyl sites for hydroxylation is 1. The van der Waals surface area contributed by atoms with Crippen LogP contribution in [0.2, 0.25) is 0 Å². The van der Waals surface area contributed by atoms with E-state index in [2.05, 4.69) is 27.5 Å². The van der Waals surface area contributed by atoms with E-state index in [0.29, 0.717) is 12.5 Å². The molecule has 1 aromatic heterocycles. The van der Waals surface area contributed by atoms with Crippen LogP contribution in [0.25, 0.3) is 0 Å². The Kier molecular flexibility index (Phi) is 4.65. The van der Waals surface area contributed by atoms with Gasteiger partial charge in [0.2, 0.25) is 11.8 Å². The quantitative estimate of drug-likeness (QED) is 0.626. The molecular formula is C14H17N5O2. The molecule has 1 heterocycles. The molecule has 2 N–H and O–H groups in total. The molecule has 110 valence electrons. The fourth-order valence-electron chi connectivity index (χ4n) is 1.84. The third kappa shape index (κ3) is 3.65. The Labute approximate surface area is 122 Å². The van der Waals surface area contributed by atoms with E-state index in [1.165, 1.54) is 11.8 Å². The van der Waals surface area contributed by atoms with Crippen LogP contribution in [0.1, 0.15) is 18.1 Å². The minimum Gasteiger partial charge on any atom is -0.360 e. The highest BCUT2D eigenvalue weighted by Gasteiger charge is 2.16. The van der Waals surface area contributed by atoms with Crippen molar-refractivity contribution in [3.63, 3.8) is 0 Å². The number of hydrogen-bond acceptors (Lipinski definition) is 6. The van der Waals surface area contributed by atoms with E-state index >= 15 is 0 Å². The summed E-state index contributed by atoms with van der Waals surface area (Å²) in [6, 6.07) is 8.09. The highest BCUT2D eigenvalue weighted by atomic mass is 16.6. The summed E-state index contributed by atoms with van der Waals surface area (Å²) in [6.07, 6.45) is 2.18. The van der Waals surface area contributed by atoms with Crippen molar-refractivity contribution in [1.82, 2.24) is 9.97 Å². The number of nitrogens with zero attached hydrogens (tertiary/aromatic N) is 3. The second-order valence-electron chi connectivity index (χ2n) is 4.46. The first-order valence-electron chi connectivity index (χ1n) is 6.65. The molecule has 0 saturated heterocycles. The minimum atomic E-state index is -0.498. The average Bonchev–Trinajstić information content (AvgIpc) is 2.52. The molecule has 0 fully saturated rings. The predicted molar refractivity (Wildman–Crippen MR) is 81.4 cm³/mol. The van der Waals surface area contributed by atoms with E-state index in [4.69, 9.17) is 0 Å². The number of aromatic nitrogens is 2. The Morgan fingerprint density at radius 2 is 1.90 bits per heavy atom. The van der Waals surface area contributed by atoms with E-state index in [0.717, 1.165) is 12.0 Å². The number of nitro groups is 1. The van der Waals surface area contributed by atoms with Crippen molar-refractivity contribution in [1.29, 1.82) is 0 Å². The standard InChI is InChI=1S/C14H17N5O2/c1-3-10-4-6-11(7-5-10)8-16-13-12(19(20)21)9-17-14(15-2)18-13/h4-7,9H,3,8H2,1-2H3,(H2,15,16,17,18). The summed E-state index contributed by atoms with van der Waals surface area (Å²) in [5.74, 6) is 0.545. The van der Waals surface area contributed by atoms with Crippen LogP contribution in [0, 0.1) is 10.1 Å². The van der Waals surface area contributed by atoms with E-state index < -0.39 is 4.92 Å². The summed E-state index contributed by atoms with van der Waals surface area (Å²) in [5.41, 5.74) is 2.15. The van der Waals surface area contributed by atoms with Crippen molar-refractivity contribution in [2.24, 2.45) is 0 Å². The zero-order valence-electron chi connectivity index (χ0n) is 12.0. The number of rotatable bonds is 6. The zero-order chi connectivity index (χ0) is 15.2. The minimum absolute atomic E-state index is 0.140. The molecule has 0 amide bonds. The fourth-order valence-corrected chi connectivity index (χ4v) is 1.84. The van der Waals surface area contributed by atoms with Crippen LogP contribution in [0.3, 0.4) is 0 Å². The third-order valence-electron chi connectivity index (χ3n) is 3.08. The number of nitrogens with one attached hydrogen (secondary N) is 2. The second kappa shape index (κ2) is 6.65. The van der Waals surface area contributed by atoms with Crippen LogP contribution in [0.5, 0.6) is 0 Å². The summed E-state index contributed by atoms with van der Waals surface area (Å²) in [4.78, 5) is 18.4. The lowest BCUT2D eigenvalue weighted by Gasteiger charge is -2.08. The summed E-state index contributed by atoms with van der Waals surface area (Å²) in [7, 11) is 1.66. The molecule has 0 radical (unpaired) electrons. The number of hydrogen-bond donors (Lipinski definition) is 2. The zero-order valence-corrected chi connectivity index (χ0v) is 12.0. The van der Waals surface area contributed by atoms with Crippen molar-refractivity contribution in [3.05, 3.63) is 51.7 Å².